The Balaban J connectivity index is 1.61. The van der Waals surface area contributed by atoms with E-state index in [2.05, 4.69) is 38.0 Å². The number of nitrogens with zero attached hydrogens (tertiary/aromatic N) is 4. The Morgan fingerprint density at radius 1 is 1.24 bits per heavy atom. The summed E-state index contributed by atoms with van der Waals surface area (Å²) in [7, 11) is 0. The van der Waals surface area contributed by atoms with Gasteiger partial charge in [-0.2, -0.15) is 5.10 Å². The monoisotopic (exact) mass is 305 g/mol. The molecule has 112 valence electrons. The zero-order valence-corrected chi connectivity index (χ0v) is 13.2. The summed E-state index contributed by atoms with van der Waals surface area (Å²) in [5.74, 6) is 0. The Bertz CT molecular complexity index is 616. The number of hydrogen-bond donors (Lipinski definition) is 1. The minimum Gasteiger partial charge on any atom is -0.369 e. The summed E-state index contributed by atoms with van der Waals surface area (Å²) in [6, 6.07) is 2.10. The average Bonchev–Trinajstić information content (AvgIpc) is 2.81. The minimum atomic E-state index is 0.766. The number of anilines is 1. The first kappa shape index (κ1) is 14.4. The predicted molar refractivity (Wildman–Crippen MR) is 84.8 cm³/mol. The van der Waals surface area contributed by atoms with E-state index in [1.54, 1.807) is 0 Å². The van der Waals surface area contributed by atoms with Crippen LogP contribution in [-0.2, 0) is 6.54 Å². The highest BCUT2D eigenvalue weighted by molar-refractivity contribution is 6.31. The third-order valence-electron chi connectivity index (χ3n) is 4.02. The standard InChI is InChI=1S/C15H20ClN5/c1-11-9-17-4-3-14(11)21-7-5-20(6-8-21)10-13-15(16)12(2)18-19-13/h3-4,9H,5-8,10H2,1-2H3,(H,18,19). The smallest absolute Gasteiger partial charge is 0.0951 e. The molecule has 6 heteroatoms. The molecule has 2 aromatic rings. The van der Waals surface area contributed by atoms with Gasteiger partial charge in [0.05, 0.1) is 16.4 Å². The van der Waals surface area contributed by atoms with Gasteiger partial charge in [-0.1, -0.05) is 11.6 Å². The summed E-state index contributed by atoms with van der Waals surface area (Å²) < 4.78 is 0. The Kier molecular flexibility index (Phi) is 4.12. The Labute approximate surface area is 129 Å². The molecule has 1 aliphatic heterocycles. The highest BCUT2D eigenvalue weighted by Crippen LogP contribution is 2.22. The van der Waals surface area contributed by atoms with Crippen LogP contribution < -0.4 is 4.90 Å². The molecule has 0 aliphatic carbocycles. The third-order valence-corrected chi connectivity index (χ3v) is 4.52. The van der Waals surface area contributed by atoms with E-state index in [0.29, 0.717) is 0 Å². The number of aromatic nitrogens is 3. The molecule has 1 aliphatic rings. The lowest BCUT2D eigenvalue weighted by molar-refractivity contribution is 0.247. The molecule has 5 nitrogen and oxygen atoms in total. The summed E-state index contributed by atoms with van der Waals surface area (Å²) in [4.78, 5) is 8.98. The molecule has 1 saturated heterocycles. The first-order valence-corrected chi connectivity index (χ1v) is 7.60. The quantitative estimate of drug-likeness (QED) is 0.946. The van der Waals surface area contributed by atoms with Crippen molar-refractivity contribution < 1.29 is 0 Å². The number of piperazine rings is 1. The maximum Gasteiger partial charge on any atom is 0.0951 e. The molecule has 1 fully saturated rings. The van der Waals surface area contributed by atoms with Crippen LogP contribution in [0.4, 0.5) is 5.69 Å². The van der Waals surface area contributed by atoms with Gasteiger partial charge in [0, 0.05) is 50.8 Å². The van der Waals surface area contributed by atoms with Gasteiger partial charge in [0.2, 0.25) is 0 Å². The van der Waals surface area contributed by atoms with E-state index in [0.717, 1.165) is 49.1 Å². The molecule has 1 N–H and O–H groups in total. The molecule has 0 amide bonds. The van der Waals surface area contributed by atoms with E-state index in [1.165, 1.54) is 11.3 Å². The van der Waals surface area contributed by atoms with Crippen LogP contribution in [0, 0.1) is 13.8 Å². The second-order valence-electron chi connectivity index (χ2n) is 5.53. The summed E-state index contributed by atoms with van der Waals surface area (Å²) in [6.45, 7) is 8.95. The van der Waals surface area contributed by atoms with Crippen molar-refractivity contribution in [2.45, 2.75) is 20.4 Å². The topological polar surface area (TPSA) is 48.1 Å². The molecule has 0 radical (unpaired) electrons. The van der Waals surface area contributed by atoms with Gasteiger partial charge in [0.25, 0.3) is 0 Å². The molecule has 0 aromatic carbocycles. The molecule has 3 heterocycles. The minimum absolute atomic E-state index is 0.766. The van der Waals surface area contributed by atoms with Crippen molar-refractivity contribution in [3.05, 3.63) is 40.4 Å². The fraction of sp³-hybridized carbons (Fsp3) is 0.467. The molecule has 0 saturated carbocycles. The number of nitrogens with one attached hydrogen (secondary N) is 1. The largest absolute Gasteiger partial charge is 0.369 e. The van der Waals surface area contributed by atoms with Crippen molar-refractivity contribution in [3.63, 3.8) is 0 Å². The van der Waals surface area contributed by atoms with Crippen LogP contribution >= 0.6 is 11.6 Å². The second-order valence-corrected chi connectivity index (χ2v) is 5.91. The Hall–Kier alpha value is -1.59. The average molecular weight is 306 g/mol. The molecular formula is C15H20ClN5. The lowest BCUT2D eigenvalue weighted by Gasteiger charge is -2.36. The zero-order valence-electron chi connectivity index (χ0n) is 12.4. The fourth-order valence-corrected chi connectivity index (χ4v) is 2.89. The normalized spacial score (nSPS) is 16.4. The van der Waals surface area contributed by atoms with Crippen LogP contribution in [0.25, 0.3) is 0 Å². The van der Waals surface area contributed by atoms with E-state index in [1.807, 2.05) is 19.3 Å². The number of aromatic amines is 1. The molecule has 0 bridgehead atoms. The number of H-pyrrole nitrogens is 1. The van der Waals surface area contributed by atoms with Crippen molar-refractivity contribution in [2.75, 3.05) is 31.1 Å². The van der Waals surface area contributed by atoms with Gasteiger partial charge in [0.15, 0.2) is 0 Å². The lowest BCUT2D eigenvalue weighted by atomic mass is 10.2. The molecule has 2 aromatic heterocycles. The highest BCUT2D eigenvalue weighted by Gasteiger charge is 2.20. The van der Waals surface area contributed by atoms with E-state index in [4.69, 9.17) is 11.6 Å². The molecule has 0 atom stereocenters. The van der Waals surface area contributed by atoms with Gasteiger partial charge in [-0.05, 0) is 25.5 Å². The zero-order chi connectivity index (χ0) is 14.8. The van der Waals surface area contributed by atoms with Gasteiger partial charge in [0.1, 0.15) is 0 Å². The van der Waals surface area contributed by atoms with Crippen molar-refractivity contribution in [3.8, 4) is 0 Å². The van der Waals surface area contributed by atoms with Gasteiger partial charge in [-0.15, -0.1) is 0 Å². The maximum atomic E-state index is 6.24. The molecule has 0 spiro atoms. The van der Waals surface area contributed by atoms with Crippen molar-refractivity contribution in [1.82, 2.24) is 20.1 Å². The maximum absolute atomic E-state index is 6.24. The van der Waals surface area contributed by atoms with Crippen molar-refractivity contribution in [2.24, 2.45) is 0 Å². The van der Waals surface area contributed by atoms with E-state index in [9.17, 15) is 0 Å². The van der Waals surface area contributed by atoms with Gasteiger partial charge >= 0.3 is 0 Å². The summed E-state index contributed by atoms with van der Waals surface area (Å²) >= 11 is 6.24. The number of pyridine rings is 1. The Morgan fingerprint density at radius 3 is 2.62 bits per heavy atom. The van der Waals surface area contributed by atoms with Crippen molar-refractivity contribution in [1.29, 1.82) is 0 Å². The number of rotatable bonds is 3. The molecule has 21 heavy (non-hydrogen) atoms. The van der Waals surface area contributed by atoms with E-state index < -0.39 is 0 Å². The van der Waals surface area contributed by atoms with Crippen LogP contribution in [-0.4, -0.2) is 46.3 Å². The second kappa shape index (κ2) is 6.03. The third kappa shape index (κ3) is 3.04. The SMILES string of the molecule is Cc1cnccc1N1CCN(Cc2n[nH]c(C)c2Cl)CC1. The summed E-state index contributed by atoms with van der Waals surface area (Å²) in [5, 5.41) is 7.99. The van der Waals surface area contributed by atoms with E-state index in [-0.39, 0.29) is 0 Å². The molecular weight excluding hydrogens is 286 g/mol. The predicted octanol–water partition coefficient (Wildman–Crippen LogP) is 2.40. The van der Waals surface area contributed by atoms with Crippen LogP contribution in [0.1, 0.15) is 17.0 Å². The van der Waals surface area contributed by atoms with Gasteiger partial charge in [-0.3, -0.25) is 15.0 Å². The van der Waals surface area contributed by atoms with Gasteiger partial charge < -0.3 is 4.90 Å². The summed E-state index contributed by atoms with van der Waals surface area (Å²) in [5.41, 5.74) is 4.41. The van der Waals surface area contributed by atoms with Gasteiger partial charge in [-0.25, -0.2) is 0 Å². The van der Waals surface area contributed by atoms with Crippen LogP contribution in [0.2, 0.25) is 5.02 Å². The number of halogens is 1. The molecule has 0 unspecified atom stereocenters. The highest BCUT2D eigenvalue weighted by atomic mass is 35.5. The number of aryl methyl sites for hydroxylation is 2. The lowest BCUT2D eigenvalue weighted by Crippen LogP contribution is -2.46. The first-order chi connectivity index (χ1) is 10.1. The number of hydrogen-bond acceptors (Lipinski definition) is 4. The fourth-order valence-electron chi connectivity index (χ4n) is 2.75. The van der Waals surface area contributed by atoms with E-state index >= 15 is 0 Å². The van der Waals surface area contributed by atoms with Crippen LogP contribution in [0.15, 0.2) is 18.5 Å². The van der Waals surface area contributed by atoms with Crippen LogP contribution in [0.5, 0.6) is 0 Å². The van der Waals surface area contributed by atoms with Crippen molar-refractivity contribution >= 4 is 17.3 Å². The molecule has 3 rings (SSSR count). The summed E-state index contributed by atoms with van der Waals surface area (Å²) in [6.07, 6.45) is 3.79. The van der Waals surface area contributed by atoms with Crippen LogP contribution in [0.3, 0.4) is 0 Å². The Morgan fingerprint density at radius 2 is 2.00 bits per heavy atom. The first-order valence-electron chi connectivity index (χ1n) is 7.22.